The topological polar surface area (TPSA) is 106 Å². The molecule has 9 nitrogen and oxygen atoms in total. The van der Waals surface area contributed by atoms with E-state index in [1.54, 1.807) is 0 Å². The zero-order chi connectivity index (χ0) is 25.1. The van der Waals surface area contributed by atoms with E-state index in [9.17, 15) is 32.7 Å². The van der Waals surface area contributed by atoms with Gasteiger partial charge in [-0.3, -0.25) is 9.69 Å². The van der Waals surface area contributed by atoms with Gasteiger partial charge in [0.25, 0.3) is 12.3 Å². The lowest BCUT2D eigenvalue weighted by atomic mass is 10.1. The molecule has 1 heterocycles. The standard InChI is InChI=1S/C20H22ClF3N2O7/c1-20(2,18(29)32-6-5-31-4)33-17(28)10-7-13(12(22)8-11(10)21)26-15(27)9-14(16(23)24)25(3)19(26)30/h7-9,16,19,30H,5-6H2,1-4H3. The highest BCUT2D eigenvalue weighted by atomic mass is 35.5. The molecule has 0 saturated heterocycles. The molecule has 13 heteroatoms. The first-order chi connectivity index (χ1) is 15.3. The Bertz CT molecular complexity index is 971. The van der Waals surface area contributed by atoms with Gasteiger partial charge in [-0.1, -0.05) is 11.6 Å². The van der Waals surface area contributed by atoms with Gasteiger partial charge in [0.15, 0.2) is 0 Å². The van der Waals surface area contributed by atoms with Gasteiger partial charge in [-0.2, -0.15) is 0 Å². The fourth-order valence-electron chi connectivity index (χ4n) is 2.78. The van der Waals surface area contributed by atoms with Gasteiger partial charge in [0, 0.05) is 20.2 Å². The third-order valence-corrected chi connectivity index (χ3v) is 4.91. The summed E-state index contributed by atoms with van der Waals surface area (Å²) >= 11 is 5.95. The summed E-state index contributed by atoms with van der Waals surface area (Å²) in [5.41, 5.74) is -3.61. The number of anilines is 1. The number of methoxy groups -OCH3 is 1. The Hall–Kier alpha value is -2.83. The molecule has 33 heavy (non-hydrogen) atoms. The number of carbonyl (C=O) groups excluding carboxylic acids is 3. The number of amides is 1. The zero-order valence-electron chi connectivity index (χ0n) is 18.1. The van der Waals surface area contributed by atoms with Crippen molar-refractivity contribution in [2.75, 3.05) is 32.3 Å². The van der Waals surface area contributed by atoms with E-state index in [1.807, 2.05) is 0 Å². The molecule has 2 rings (SSSR count). The molecule has 1 unspecified atom stereocenters. The predicted octanol–water partition coefficient (Wildman–Crippen LogP) is 2.31. The van der Waals surface area contributed by atoms with E-state index in [4.69, 9.17) is 25.8 Å². The third-order valence-electron chi connectivity index (χ3n) is 4.59. The van der Waals surface area contributed by atoms with Crippen LogP contribution in [0.15, 0.2) is 23.9 Å². The Morgan fingerprint density at radius 1 is 1.27 bits per heavy atom. The second kappa shape index (κ2) is 10.4. The van der Waals surface area contributed by atoms with Crippen LogP contribution in [0.3, 0.4) is 0 Å². The van der Waals surface area contributed by atoms with E-state index in [0.29, 0.717) is 21.9 Å². The Morgan fingerprint density at radius 3 is 2.48 bits per heavy atom. The van der Waals surface area contributed by atoms with Crippen LogP contribution in [-0.2, 0) is 23.8 Å². The molecule has 1 aliphatic heterocycles. The smallest absolute Gasteiger partial charge is 0.350 e. The summed E-state index contributed by atoms with van der Waals surface area (Å²) in [5.74, 6) is -4.33. The molecule has 1 atom stereocenters. The minimum Gasteiger partial charge on any atom is -0.460 e. The number of nitrogens with zero attached hydrogens (tertiary/aromatic N) is 2. The second-order valence-electron chi connectivity index (χ2n) is 7.35. The molecular formula is C20H22ClF3N2O7. The average Bonchev–Trinajstić information content (AvgIpc) is 2.71. The van der Waals surface area contributed by atoms with Gasteiger partial charge in [0.05, 0.1) is 28.6 Å². The minimum atomic E-state index is -3.07. The number of rotatable bonds is 8. The quantitative estimate of drug-likeness (QED) is 0.433. The summed E-state index contributed by atoms with van der Waals surface area (Å²) in [7, 11) is 2.47. The van der Waals surface area contributed by atoms with Crippen LogP contribution in [0.4, 0.5) is 18.9 Å². The van der Waals surface area contributed by atoms with Crippen molar-refractivity contribution in [3.05, 3.63) is 40.3 Å². The van der Waals surface area contributed by atoms with Crippen molar-refractivity contribution in [1.29, 1.82) is 0 Å². The molecule has 1 N–H and O–H groups in total. The normalized spacial score (nSPS) is 16.7. The van der Waals surface area contributed by atoms with Crippen LogP contribution in [0, 0.1) is 5.82 Å². The third kappa shape index (κ3) is 5.75. The maximum Gasteiger partial charge on any atom is 0.350 e. The summed E-state index contributed by atoms with van der Waals surface area (Å²) < 4.78 is 55.6. The van der Waals surface area contributed by atoms with Crippen LogP contribution in [0.2, 0.25) is 5.02 Å². The largest absolute Gasteiger partial charge is 0.460 e. The number of benzene rings is 1. The molecule has 182 valence electrons. The second-order valence-corrected chi connectivity index (χ2v) is 7.75. The van der Waals surface area contributed by atoms with E-state index < -0.39 is 64.0 Å². The van der Waals surface area contributed by atoms with Crippen LogP contribution in [0.25, 0.3) is 0 Å². The maximum atomic E-state index is 14.6. The zero-order valence-corrected chi connectivity index (χ0v) is 18.9. The number of aliphatic hydroxyl groups is 1. The Balaban J connectivity index is 2.36. The van der Waals surface area contributed by atoms with Crippen LogP contribution < -0.4 is 4.90 Å². The number of aliphatic hydroxyl groups excluding tert-OH is 1. The summed E-state index contributed by atoms with van der Waals surface area (Å²) in [4.78, 5) is 38.3. The van der Waals surface area contributed by atoms with Crippen molar-refractivity contribution >= 4 is 35.1 Å². The van der Waals surface area contributed by atoms with Gasteiger partial charge in [-0.05, 0) is 26.0 Å². The molecule has 0 aliphatic carbocycles. The fourth-order valence-corrected chi connectivity index (χ4v) is 3.00. The SMILES string of the molecule is COCCOC(=O)C(C)(C)OC(=O)c1cc(N2C(=O)C=C(C(F)F)N(C)C2O)c(F)cc1Cl. The summed E-state index contributed by atoms with van der Waals surface area (Å²) in [6, 6.07) is 1.49. The number of halogens is 4. The molecule has 0 radical (unpaired) electrons. The minimum absolute atomic E-state index is 0.0889. The number of carbonyl (C=O) groups is 3. The van der Waals surface area contributed by atoms with Gasteiger partial charge in [-0.25, -0.2) is 22.8 Å². The summed E-state index contributed by atoms with van der Waals surface area (Å²) in [6.07, 6.45) is -4.54. The molecule has 0 spiro atoms. The van der Waals surface area contributed by atoms with Gasteiger partial charge in [0.1, 0.15) is 12.4 Å². The lowest BCUT2D eigenvalue weighted by molar-refractivity contribution is -0.163. The number of allylic oxidation sites excluding steroid dienone is 1. The molecule has 1 aromatic rings. The van der Waals surface area contributed by atoms with Crippen molar-refractivity contribution in [3.8, 4) is 0 Å². The molecule has 1 aliphatic rings. The molecular weight excluding hydrogens is 473 g/mol. The summed E-state index contributed by atoms with van der Waals surface area (Å²) in [5, 5.41) is 9.92. The monoisotopic (exact) mass is 494 g/mol. The van der Waals surface area contributed by atoms with Gasteiger partial charge in [-0.15, -0.1) is 0 Å². The summed E-state index contributed by atoms with van der Waals surface area (Å²) in [6.45, 7) is 2.53. The number of hydrogen-bond donors (Lipinski definition) is 1. The van der Waals surface area contributed by atoms with Crippen molar-refractivity contribution in [1.82, 2.24) is 4.90 Å². The average molecular weight is 495 g/mol. The first kappa shape index (κ1) is 26.4. The highest BCUT2D eigenvalue weighted by molar-refractivity contribution is 6.33. The number of alkyl halides is 2. The highest BCUT2D eigenvalue weighted by Gasteiger charge is 2.38. The van der Waals surface area contributed by atoms with Crippen LogP contribution in [0.1, 0.15) is 24.2 Å². The molecule has 0 aromatic heterocycles. The van der Waals surface area contributed by atoms with Gasteiger partial charge >= 0.3 is 11.9 Å². The maximum absolute atomic E-state index is 14.6. The molecule has 0 fully saturated rings. The van der Waals surface area contributed by atoms with E-state index in [1.165, 1.54) is 21.0 Å². The van der Waals surface area contributed by atoms with Crippen molar-refractivity contribution in [2.24, 2.45) is 0 Å². The lowest BCUT2D eigenvalue weighted by Gasteiger charge is -2.39. The number of esters is 2. The highest BCUT2D eigenvalue weighted by Crippen LogP contribution is 2.33. The number of ether oxygens (including phenoxy) is 3. The predicted molar refractivity (Wildman–Crippen MR) is 109 cm³/mol. The van der Waals surface area contributed by atoms with Gasteiger partial charge < -0.3 is 24.2 Å². The Labute approximate surface area is 192 Å². The van der Waals surface area contributed by atoms with Gasteiger partial charge in [0.2, 0.25) is 12.0 Å². The van der Waals surface area contributed by atoms with E-state index in [2.05, 4.69) is 0 Å². The van der Waals surface area contributed by atoms with Crippen molar-refractivity contribution in [3.63, 3.8) is 0 Å². The Kier molecular flexibility index (Phi) is 8.33. The molecule has 0 bridgehead atoms. The fraction of sp³-hybridized carbons (Fsp3) is 0.450. The Morgan fingerprint density at radius 2 is 1.91 bits per heavy atom. The van der Waals surface area contributed by atoms with Crippen molar-refractivity contribution in [2.45, 2.75) is 32.2 Å². The number of hydrogen-bond acceptors (Lipinski definition) is 8. The van der Waals surface area contributed by atoms with Crippen molar-refractivity contribution < 1.29 is 46.9 Å². The first-order valence-corrected chi connectivity index (χ1v) is 9.82. The molecule has 1 amide bonds. The molecule has 1 aromatic carbocycles. The van der Waals surface area contributed by atoms with E-state index >= 15 is 0 Å². The van der Waals surface area contributed by atoms with E-state index in [-0.39, 0.29) is 13.2 Å². The molecule has 0 saturated carbocycles. The van der Waals surface area contributed by atoms with Crippen LogP contribution >= 0.6 is 11.6 Å². The van der Waals surface area contributed by atoms with Crippen LogP contribution in [0.5, 0.6) is 0 Å². The first-order valence-electron chi connectivity index (χ1n) is 9.44. The van der Waals surface area contributed by atoms with Crippen LogP contribution in [-0.4, -0.2) is 73.6 Å². The lowest BCUT2D eigenvalue weighted by Crippen LogP contribution is -2.53. The van der Waals surface area contributed by atoms with E-state index in [0.717, 1.165) is 13.1 Å².